The summed E-state index contributed by atoms with van der Waals surface area (Å²) in [5.41, 5.74) is -0.375. The Bertz CT molecular complexity index is 638. The van der Waals surface area contributed by atoms with E-state index in [0.717, 1.165) is 0 Å². The van der Waals surface area contributed by atoms with Gasteiger partial charge in [0.2, 0.25) is 0 Å². The van der Waals surface area contributed by atoms with E-state index in [1.54, 1.807) is 0 Å². The normalized spacial score (nSPS) is 10.6. The summed E-state index contributed by atoms with van der Waals surface area (Å²) in [5.74, 6) is -1.08. The van der Waals surface area contributed by atoms with Crippen LogP contribution in [-0.4, -0.2) is 19.9 Å². The van der Waals surface area contributed by atoms with Crippen molar-refractivity contribution in [2.75, 3.05) is 0 Å². The molecule has 0 aliphatic rings. The van der Waals surface area contributed by atoms with Crippen LogP contribution in [0.3, 0.4) is 0 Å². The molecule has 2 aromatic rings. The van der Waals surface area contributed by atoms with E-state index in [9.17, 15) is 14.3 Å². The van der Waals surface area contributed by atoms with Crippen molar-refractivity contribution in [1.29, 1.82) is 0 Å². The Balaban J connectivity index is 2.19. The summed E-state index contributed by atoms with van der Waals surface area (Å²) in [6.07, 6.45) is 0. The average molecular weight is 318 g/mol. The Morgan fingerprint density at radius 1 is 1.61 bits per heavy atom. The van der Waals surface area contributed by atoms with Crippen molar-refractivity contribution in [2.24, 2.45) is 7.05 Å². The molecule has 96 valence electrons. The molecule has 0 aliphatic heterocycles. The number of rotatable bonds is 3. The zero-order valence-electron chi connectivity index (χ0n) is 9.28. The summed E-state index contributed by atoms with van der Waals surface area (Å²) in [5, 5.41) is 15.5. The Morgan fingerprint density at radius 2 is 2.33 bits per heavy atom. The SMILES string of the molecule is Cn1c(COc2ccc(Br)c(F)c2O)n[nH]c1=O. The topological polar surface area (TPSA) is 80.1 Å². The third-order valence-electron chi connectivity index (χ3n) is 2.36. The van der Waals surface area contributed by atoms with Gasteiger partial charge in [0.25, 0.3) is 0 Å². The summed E-state index contributed by atoms with van der Waals surface area (Å²) in [7, 11) is 1.52. The van der Waals surface area contributed by atoms with Crippen molar-refractivity contribution in [1.82, 2.24) is 14.8 Å². The fraction of sp³-hybridized carbons (Fsp3) is 0.200. The van der Waals surface area contributed by atoms with Crippen LogP contribution in [0.4, 0.5) is 4.39 Å². The number of benzene rings is 1. The van der Waals surface area contributed by atoms with Gasteiger partial charge in [-0.15, -0.1) is 0 Å². The fourth-order valence-electron chi connectivity index (χ4n) is 1.29. The van der Waals surface area contributed by atoms with Crippen molar-refractivity contribution >= 4 is 15.9 Å². The first-order valence-electron chi connectivity index (χ1n) is 4.90. The summed E-state index contributed by atoms with van der Waals surface area (Å²) in [6, 6.07) is 2.82. The first-order chi connectivity index (χ1) is 8.50. The van der Waals surface area contributed by atoms with Crippen LogP contribution in [0.2, 0.25) is 0 Å². The lowest BCUT2D eigenvalue weighted by Gasteiger charge is -2.08. The second-order valence-electron chi connectivity index (χ2n) is 3.50. The number of nitrogens with zero attached hydrogens (tertiary/aromatic N) is 2. The number of phenolic OH excluding ortho intramolecular Hbond substituents is 1. The van der Waals surface area contributed by atoms with E-state index in [1.165, 1.54) is 23.7 Å². The second kappa shape index (κ2) is 4.81. The van der Waals surface area contributed by atoms with Gasteiger partial charge in [0.15, 0.2) is 23.1 Å². The molecular weight excluding hydrogens is 309 g/mol. The molecule has 0 bridgehead atoms. The number of hydrogen-bond donors (Lipinski definition) is 2. The molecule has 0 saturated heterocycles. The van der Waals surface area contributed by atoms with Crippen LogP contribution in [-0.2, 0) is 13.7 Å². The molecule has 0 aliphatic carbocycles. The Labute approximate surface area is 109 Å². The van der Waals surface area contributed by atoms with Crippen LogP contribution in [0.25, 0.3) is 0 Å². The third-order valence-corrected chi connectivity index (χ3v) is 2.97. The van der Waals surface area contributed by atoms with Gasteiger partial charge in [-0.3, -0.25) is 4.57 Å². The highest BCUT2D eigenvalue weighted by molar-refractivity contribution is 9.10. The zero-order valence-corrected chi connectivity index (χ0v) is 10.9. The van der Waals surface area contributed by atoms with Gasteiger partial charge in [-0.2, -0.15) is 5.10 Å². The van der Waals surface area contributed by atoms with Crippen LogP contribution >= 0.6 is 15.9 Å². The lowest BCUT2D eigenvalue weighted by atomic mass is 10.3. The molecule has 0 saturated carbocycles. The molecule has 0 amide bonds. The Hall–Kier alpha value is -1.83. The molecule has 8 heteroatoms. The first kappa shape index (κ1) is 12.6. The van der Waals surface area contributed by atoms with E-state index >= 15 is 0 Å². The number of H-pyrrole nitrogens is 1. The quantitative estimate of drug-likeness (QED) is 0.894. The molecule has 0 spiro atoms. The van der Waals surface area contributed by atoms with E-state index in [-0.39, 0.29) is 22.5 Å². The number of aromatic nitrogens is 3. The predicted molar refractivity (Wildman–Crippen MR) is 63.9 cm³/mol. The summed E-state index contributed by atoms with van der Waals surface area (Å²) in [6.45, 7) is -0.0656. The van der Waals surface area contributed by atoms with Gasteiger partial charge in [-0.25, -0.2) is 14.3 Å². The number of aromatic amines is 1. The molecule has 2 rings (SSSR count). The van der Waals surface area contributed by atoms with Crippen LogP contribution in [0.15, 0.2) is 21.4 Å². The number of halogens is 2. The molecule has 1 aromatic carbocycles. The van der Waals surface area contributed by atoms with Crippen molar-refractivity contribution < 1.29 is 14.2 Å². The maximum Gasteiger partial charge on any atom is 0.343 e. The van der Waals surface area contributed by atoms with Gasteiger partial charge in [0.1, 0.15) is 6.61 Å². The highest BCUT2D eigenvalue weighted by Crippen LogP contribution is 2.33. The van der Waals surface area contributed by atoms with E-state index in [1.807, 2.05) is 0 Å². The summed E-state index contributed by atoms with van der Waals surface area (Å²) < 4.78 is 19.9. The Kier molecular flexibility index (Phi) is 3.37. The summed E-state index contributed by atoms with van der Waals surface area (Å²) >= 11 is 2.94. The van der Waals surface area contributed by atoms with Crippen LogP contribution < -0.4 is 10.4 Å². The smallest absolute Gasteiger partial charge is 0.343 e. The Morgan fingerprint density at radius 3 is 2.94 bits per heavy atom. The molecule has 1 aromatic heterocycles. The number of ether oxygens (including phenoxy) is 1. The number of nitrogens with one attached hydrogen (secondary N) is 1. The fourth-order valence-corrected chi connectivity index (χ4v) is 1.61. The molecule has 0 unspecified atom stereocenters. The monoisotopic (exact) mass is 317 g/mol. The molecular formula is C10H9BrFN3O3. The minimum atomic E-state index is -0.802. The second-order valence-corrected chi connectivity index (χ2v) is 4.36. The van der Waals surface area contributed by atoms with Crippen molar-refractivity contribution in [3.05, 3.63) is 38.7 Å². The van der Waals surface area contributed by atoms with Gasteiger partial charge in [0, 0.05) is 7.05 Å². The number of aromatic hydroxyl groups is 1. The van der Waals surface area contributed by atoms with Gasteiger partial charge in [-0.05, 0) is 28.1 Å². The first-order valence-corrected chi connectivity index (χ1v) is 5.70. The van der Waals surface area contributed by atoms with Crippen molar-refractivity contribution in [2.45, 2.75) is 6.61 Å². The molecule has 1 heterocycles. The van der Waals surface area contributed by atoms with E-state index in [4.69, 9.17) is 4.74 Å². The van der Waals surface area contributed by atoms with Gasteiger partial charge < -0.3 is 9.84 Å². The number of phenols is 1. The van der Waals surface area contributed by atoms with Crippen molar-refractivity contribution in [3.63, 3.8) is 0 Å². The molecule has 6 nitrogen and oxygen atoms in total. The highest BCUT2D eigenvalue weighted by Gasteiger charge is 2.13. The molecule has 0 radical (unpaired) electrons. The van der Waals surface area contributed by atoms with Crippen molar-refractivity contribution in [3.8, 4) is 11.5 Å². The molecule has 18 heavy (non-hydrogen) atoms. The number of hydrogen-bond acceptors (Lipinski definition) is 4. The lowest BCUT2D eigenvalue weighted by molar-refractivity contribution is 0.271. The van der Waals surface area contributed by atoms with Gasteiger partial charge >= 0.3 is 5.69 Å². The maximum absolute atomic E-state index is 13.3. The highest BCUT2D eigenvalue weighted by atomic mass is 79.9. The third kappa shape index (κ3) is 2.23. The van der Waals surface area contributed by atoms with Crippen LogP contribution in [0.5, 0.6) is 11.5 Å². The maximum atomic E-state index is 13.3. The molecule has 0 fully saturated rings. The zero-order chi connectivity index (χ0) is 13.3. The molecule has 2 N–H and O–H groups in total. The van der Waals surface area contributed by atoms with Gasteiger partial charge in [0.05, 0.1) is 4.47 Å². The lowest BCUT2D eigenvalue weighted by Crippen LogP contribution is -2.15. The van der Waals surface area contributed by atoms with E-state index in [0.29, 0.717) is 5.82 Å². The minimum absolute atomic E-state index is 0.0221. The molecule has 0 atom stereocenters. The van der Waals surface area contributed by atoms with Crippen LogP contribution in [0, 0.1) is 5.82 Å². The predicted octanol–water partition coefficient (Wildman–Crippen LogP) is 1.29. The standard InChI is InChI=1S/C10H9BrFN3O3/c1-15-7(13-14-10(15)17)4-18-6-3-2-5(11)8(12)9(6)16/h2-3,16H,4H2,1H3,(H,14,17). The van der Waals surface area contributed by atoms with Crippen LogP contribution in [0.1, 0.15) is 5.82 Å². The van der Waals surface area contributed by atoms with E-state index in [2.05, 4.69) is 26.1 Å². The van der Waals surface area contributed by atoms with Gasteiger partial charge in [-0.1, -0.05) is 0 Å². The minimum Gasteiger partial charge on any atom is -0.502 e. The average Bonchev–Trinajstić information content (AvgIpc) is 2.67. The van der Waals surface area contributed by atoms with E-state index < -0.39 is 11.6 Å². The summed E-state index contributed by atoms with van der Waals surface area (Å²) in [4.78, 5) is 11.1. The largest absolute Gasteiger partial charge is 0.502 e.